The van der Waals surface area contributed by atoms with E-state index in [9.17, 15) is 4.79 Å². The van der Waals surface area contributed by atoms with E-state index in [0.29, 0.717) is 11.4 Å². The van der Waals surface area contributed by atoms with Crippen molar-refractivity contribution in [2.24, 2.45) is 0 Å². The fraction of sp³-hybridized carbons (Fsp3) is 0.429. The number of hydrogen-bond donors (Lipinski definition) is 1. The van der Waals surface area contributed by atoms with Gasteiger partial charge in [-0.15, -0.1) is 0 Å². The number of carbonyl (C=O) groups excluding carboxylic acids is 1. The molecule has 0 aliphatic carbocycles. The van der Waals surface area contributed by atoms with Crippen LogP contribution in [0.2, 0.25) is 0 Å². The van der Waals surface area contributed by atoms with Crippen LogP contribution in [0.4, 0.5) is 11.5 Å². The van der Waals surface area contributed by atoms with Crippen LogP contribution in [0.5, 0.6) is 5.75 Å². The molecule has 27 heavy (non-hydrogen) atoms. The Hall–Kier alpha value is -2.76. The largest absolute Gasteiger partial charge is 0.497 e. The molecule has 1 N–H and O–H groups in total. The molecule has 1 saturated heterocycles. The second-order valence-electron chi connectivity index (χ2n) is 6.96. The van der Waals surface area contributed by atoms with Crippen molar-refractivity contribution in [3.05, 3.63) is 48.2 Å². The second-order valence-corrected chi connectivity index (χ2v) is 6.96. The Balaban J connectivity index is 1.60. The first-order chi connectivity index (χ1) is 13.1. The molecule has 6 heteroatoms. The van der Waals surface area contributed by atoms with Crippen LogP contribution in [0.3, 0.4) is 0 Å². The van der Waals surface area contributed by atoms with Gasteiger partial charge in [0.2, 0.25) is 0 Å². The van der Waals surface area contributed by atoms with Gasteiger partial charge in [-0.25, -0.2) is 9.78 Å². The minimum Gasteiger partial charge on any atom is -0.497 e. The molecule has 0 atom stereocenters. The summed E-state index contributed by atoms with van der Waals surface area (Å²) in [4.78, 5) is 19.0. The number of methoxy groups -OCH3 is 1. The van der Waals surface area contributed by atoms with Crippen LogP contribution in [0.1, 0.15) is 37.0 Å². The first-order valence-corrected chi connectivity index (χ1v) is 9.38. The summed E-state index contributed by atoms with van der Waals surface area (Å²) in [5.41, 5.74) is 1.69. The van der Waals surface area contributed by atoms with E-state index in [2.05, 4.69) is 27.3 Å². The summed E-state index contributed by atoms with van der Waals surface area (Å²) in [6, 6.07) is 11.9. The Morgan fingerprint density at radius 3 is 2.52 bits per heavy atom. The number of rotatable bonds is 6. The highest BCUT2D eigenvalue weighted by atomic mass is 16.5. The number of benzene rings is 1. The third-order valence-electron chi connectivity index (χ3n) is 4.64. The minimum absolute atomic E-state index is 0.154. The molecule has 0 amide bonds. The van der Waals surface area contributed by atoms with Crippen molar-refractivity contribution in [3.8, 4) is 5.75 Å². The zero-order valence-corrected chi connectivity index (χ0v) is 16.1. The van der Waals surface area contributed by atoms with E-state index in [1.54, 1.807) is 25.4 Å². The van der Waals surface area contributed by atoms with Crippen molar-refractivity contribution in [2.45, 2.75) is 38.8 Å². The monoisotopic (exact) mass is 369 g/mol. The van der Waals surface area contributed by atoms with E-state index in [0.717, 1.165) is 31.7 Å². The molecule has 1 fully saturated rings. The van der Waals surface area contributed by atoms with Gasteiger partial charge in [-0.05, 0) is 63.1 Å². The van der Waals surface area contributed by atoms with Gasteiger partial charge in [0.1, 0.15) is 17.1 Å². The van der Waals surface area contributed by atoms with Crippen LogP contribution in [0.15, 0.2) is 42.6 Å². The molecule has 2 aromatic rings. The lowest BCUT2D eigenvalue weighted by Crippen LogP contribution is -2.39. The maximum atomic E-state index is 12.3. The maximum absolute atomic E-state index is 12.3. The Bertz CT molecular complexity index is 754. The highest BCUT2D eigenvalue weighted by Gasteiger charge is 2.22. The third kappa shape index (κ3) is 4.90. The fourth-order valence-electron chi connectivity index (χ4n) is 3.23. The normalized spacial score (nSPS) is 14.9. The summed E-state index contributed by atoms with van der Waals surface area (Å²) in [6.45, 7) is 5.58. The number of anilines is 2. The van der Waals surface area contributed by atoms with Crippen molar-refractivity contribution in [1.82, 2.24) is 4.98 Å². The molecule has 1 aliphatic rings. The van der Waals surface area contributed by atoms with Gasteiger partial charge in [-0.2, -0.15) is 0 Å². The number of ether oxygens (including phenoxy) is 2. The summed E-state index contributed by atoms with van der Waals surface area (Å²) >= 11 is 0. The van der Waals surface area contributed by atoms with Crippen LogP contribution in [0.25, 0.3) is 0 Å². The number of esters is 1. The standard InChI is InChI=1S/C21H27N3O3/c1-15(2)27-21(25)19-5-4-12-22-20(19)23-16-10-13-24(14-11-16)17-6-8-18(26-3)9-7-17/h4-9,12,15-16H,10-11,13-14H2,1-3H3,(H,22,23). The zero-order chi connectivity index (χ0) is 19.2. The van der Waals surface area contributed by atoms with E-state index in [-0.39, 0.29) is 18.1 Å². The fourth-order valence-corrected chi connectivity index (χ4v) is 3.23. The molecule has 3 rings (SSSR count). The Morgan fingerprint density at radius 2 is 1.89 bits per heavy atom. The molecular weight excluding hydrogens is 342 g/mol. The molecular formula is C21H27N3O3. The van der Waals surface area contributed by atoms with Gasteiger partial charge in [0.05, 0.1) is 13.2 Å². The molecule has 0 unspecified atom stereocenters. The predicted molar refractivity (Wildman–Crippen MR) is 107 cm³/mol. The van der Waals surface area contributed by atoms with Gasteiger partial charge in [0, 0.05) is 31.0 Å². The van der Waals surface area contributed by atoms with E-state index in [1.807, 2.05) is 26.0 Å². The number of pyridine rings is 1. The van der Waals surface area contributed by atoms with Crippen molar-refractivity contribution in [2.75, 3.05) is 30.4 Å². The second kappa shape index (κ2) is 8.75. The first kappa shape index (κ1) is 19.0. The van der Waals surface area contributed by atoms with Gasteiger partial charge in [-0.1, -0.05) is 0 Å². The molecule has 0 saturated carbocycles. The summed E-state index contributed by atoms with van der Waals surface area (Å²) in [6.07, 6.45) is 3.49. The highest BCUT2D eigenvalue weighted by Crippen LogP contribution is 2.25. The van der Waals surface area contributed by atoms with E-state index in [4.69, 9.17) is 9.47 Å². The van der Waals surface area contributed by atoms with E-state index >= 15 is 0 Å². The van der Waals surface area contributed by atoms with Crippen LogP contribution in [-0.4, -0.2) is 43.3 Å². The van der Waals surface area contributed by atoms with Crippen molar-refractivity contribution in [1.29, 1.82) is 0 Å². The summed E-state index contributed by atoms with van der Waals surface area (Å²) in [7, 11) is 1.68. The topological polar surface area (TPSA) is 63.7 Å². The van der Waals surface area contributed by atoms with E-state index < -0.39 is 0 Å². The van der Waals surface area contributed by atoms with Crippen LogP contribution in [0, 0.1) is 0 Å². The van der Waals surface area contributed by atoms with Crippen molar-refractivity contribution < 1.29 is 14.3 Å². The predicted octanol–water partition coefficient (Wildman–Crippen LogP) is 3.74. The number of nitrogens with zero attached hydrogens (tertiary/aromatic N) is 2. The average molecular weight is 369 g/mol. The number of aromatic nitrogens is 1. The van der Waals surface area contributed by atoms with Gasteiger partial charge < -0.3 is 19.7 Å². The average Bonchev–Trinajstić information content (AvgIpc) is 2.68. The van der Waals surface area contributed by atoms with Crippen LogP contribution >= 0.6 is 0 Å². The van der Waals surface area contributed by atoms with Gasteiger partial charge in [0.15, 0.2) is 0 Å². The lowest BCUT2D eigenvalue weighted by Gasteiger charge is -2.34. The minimum atomic E-state index is -0.337. The number of nitrogens with one attached hydrogen (secondary N) is 1. The Morgan fingerprint density at radius 1 is 1.19 bits per heavy atom. The molecule has 1 aromatic heterocycles. The number of carbonyl (C=O) groups is 1. The molecule has 0 bridgehead atoms. The first-order valence-electron chi connectivity index (χ1n) is 9.38. The molecule has 6 nitrogen and oxygen atoms in total. The van der Waals surface area contributed by atoms with Crippen molar-refractivity contribution >= 4 is 17.5 Å². The van der Waals surface area contributed by atoms with Gasteiger partial charge in [0.25, 0.3) is 0 Å². The van der Waals surface area contributed by atoms with E-state index in [1.165, 1.54) is 5.69 Å². The molecule has 2 heterocycles. The summed E-state index contributed by atoms with van der Waals surface area (Å²) in [5.74, 6) is 1.13. The van der Waals surface area contributed by atoms with Crippen LogP contribution in [-0.2, 0) is 4.74 Å². The van der Waals surface area contributed by atoms with Gasteiger partial charge in [-0.3, -0.25) is 0 Å². The molecule has 1 aromatic carbocycles. The smallest absolute Gasteiger partial charge is 0.342 e. The molecule has 1 aliphatic heterocycles. The zero-order valence-electron chi connectivity index (χ0n) is 16.1. The number of hydrogen-bond acceptors (Lipinski definition) is 6. The molecule has 144 valence electrons. The lowest BCUT2D eigenvalue weighted by molar-refractivity contribution is 0.0378. The van der Waals surface area contributed by atoms with Crippen LogP contribution < -0.4 is 15.0 Å². The highest BCUT2D eigenvalue weighted by molar-refractivity contribution is 5.94. The quantitative estimate of drug-likeness (QED) is 0.783. The third-order valence-corrected chi connectivity index (χ3v) is 4.64. The Kier molecular flexibility index (Phi) is 6.16. The van der Waals surface area contributed by atoms with Crippen molar-refractivity contribution in [3.63, 3.8) is 0 Å². The molecule has 0 spiro atoms. The SMILES string of the molecule is COc1ccc(N2CCC(Nc3ncccc3C(=O)OC(C)C)CC2)cc1. The maximum Gasteiger partial charge on any atom is 0.342 e. The summed E-state index contributed by atoms with van der Waals surface area (Å²) in [5, 5.41) is 3.44. The number of piperidine rings is 1. The summed E-state index contributed by atoms with van der Waals surface area (Å²) < 4.78 is 10.5. The Labute approximate surface area is 160 Å². The van der Waals surface area contributed by atoms with Gasteiger partial charge >= 0.3 is 5.97 Å². The lowest BCUT2D eigenvalue weighted by atomic mass is 10.0. The molecule has 0 radical (unpaired) electrons.